The van der Waals surface area contributed by atoms with Crippen LogP contribution in [0.15, 0.2) is 72.1 Å². The maximum Gasteiger partial charge on any atom is 0.215 e. The molecule has 3 aromatic rings. The molecule has 2 aliphatic heterocycles. The number of hydrogen-bond donors (Lipinski definition) is 2. The molecule has 0 amide bonds. The highest BCUT2D eigenvalue weighted by Gasteiger charge is 2.41. The van der Waals surface area contributed by atoms with Crippen molar-refractivity contribution < 1.29 is 14.9 Å². The number of rotatable bonds is 2. The summed E-state index contributed by atoms with van der Waals surface area (Å²) in [7, 11) is 0. The average Bonchev–Trinajstić information content (AvgIpc) is 3.15. The van der Waals surface area contributed by atoms with Gasteiger partial charge in [0, 0.05) is 35.5 Å². The molecule has 0 fully saturated rings. The first kappa shape index (κ1) is 15.7. The van der Waals surface area contributed by atoms with Crippen LogP contribution in [-0.2, 0) is 0 Å². The molecule has 27 heavy (non-hydrogen) atoms. The van der Waals surface area contributed by atoms with Crippen LogP contribution in [0.5, 0.6) is 17.2 Å². The minimum absolute atomic E-state index is 0.0168. The van der Waals surface area contributed by atoms with Crippen LogP contribution in [-0.4, -0.2) is 25.9 Å². The van der Waals surface area contributed by atoms with Gasteiger partial charge in [0.25, 0.3) is 0 Å². The molecule has 3 heterocycles. The van der Waals surface area contributed by atoms with E-state index in [1.165, 1.54) is 12.1 Å². The van der Waals surface area contributed by atoms with Gasteiger partial charge in [0.15, 0.2) is 0 Å². The Bertz CT molecular complexity index is 1040. The first-order valence-electron chi connectivity index (χ1n) is 8.74. The van der Waals surface area contributed by atoms with E-state index >= 15 is 0 Å². The number of fused-ring (bicyclic) bond motifs is 3. The molecule has 2 atom stereocenters. The Labute approximate surface area is 156 Å². The zero-order valence-electron chi connectivity index (χ0n) is 14.4. The Morgan fingerprint density at radius 3 is 2.78 bits per heavy atom. The number of phenols is 2. The van der Waals surface area contributed by atoms with Crippen LogP contribution in [0.4, 0.5) is 0 Å². The number of nitrogens with zero attached hydrogens (tertiary/aromatic N) is 3. The molecule has 0 unspecified atom stereocenters. The minimum Gasteiger partial charge on any atom is -0.508 e. The summed E-state index contributed by atoms with van der Waals surface area (Å²) in [5, 5.41) is 26.8. The van der Waals surface area contributed by atoms with Gasteiger partial charge in [0.1, 0.15) is 17.2 Å². The number of hydrogen-bond acceptors (Lipinski definition) is 6. The second-order valence-corrected chi connectivity index (χ2v) is 6.64. The van der Waals surface area contributed by atoms with Gasteiger partial charge in [-0.2, -0.15) is 5.10 Å². The van der Waals surface area contributed by atoms with Gasteiger partial charge >= 0.3 is 0 Å². The maximum absolute atomic E-state index is 10.3. The SMILES string of the molecule is Oc1ccc(O)c(C2=NN3[C@H](C2)c2ccccc2O[C@H]3c2cccnc2)c1. The lowest BCUT2D eigenvalue weighted by Gasteiger charge is -2.38. The van der Waals surface area contributed by atoms with Crippen molar-refractivity contribution in [2.24, 2.45) is 5.10 Å². The van der Waals surface area contributed by atoms with Crippen molar-refractivity contribution in [3.8, 4) is 17.2 Å². The van der Waals surface area contributed by atoms with E-state index in [4.69, 9.17) is 9.84 Å². The first-order valence-corrected chi connectivity index (χ1v) is 8.74. The summed E-state index contributed by atoms with van der Waals surface area (Å²) in [5.41, 5.74) is 3.20. The molecule has 0 radical (unpaired) electrons. The van der Waals surface area contributed by atoms with E-state index in [0.29, 0.717) is 17.7 Å². The van der Waals surface area contributed by atoms with Crippen molar-refractivity contribution in [1.82, 2.24) is 9.99 Å². The van der Waals surface area contributed by atoms with Gasteiger partial charge in [-0.1, -0.05) is 24.3 Å². The number of phenolic OH excluding ortho intramolecular Hbond substituents is 2. The maximum atomic E-state index is 10.3. The molecule has 1 aromatic heterocycles. The van der Waals surface area contributed by atoms with E-state index in [-0.39, 0.29) is 17.5 Å². The van der Waals surface area contributed by atoms with E-state index in [0.717, 1.165) is 16.9 Å². The van der Waals surface area contributed by atoms with Crippen molar-refractivity contribution in [2.75, 3.05) is 0 Å². The molecule has 6 nitrogen and oxygen atoms in total. The molecule has 5 rings (SSSR count). The van der Waals surface area contributed by atoms with Crippen LogP contribution in [0.1, 0.15) is 35.4 Å². The topological polar surface area (TPSA) is 78.2 Å². The second-order valence-electron chi connectivity index (χ2n) is 6.64. The van der Waals surface area contributed by atoms with Crippen molar-refractivity contribution in [1.29, 1.82) is 0 Å². The summed E-state index contributed by atoms with van der Waals surface area (Å²) in [6.45, 7) is 0. The molecule has 2 aromatic carbocycles. The number of para-hydroxylation sites is 1. The fourth-order valence-electron chi connectivity index (χ4n) is 3.69. The van der Waals surface area contributed by atoms with Gasteiger partial charge in [0.05, 0.1) is 11.8 Å². The number of aromatic nitrogens is 1. The molecular weight excluding hydrogens is 342 g/mol. The Hall–Kier alpha value is -3.54. The van der Waals surface area contributed by atoms with Crippen LogP contribution in [0.25, 0.3) is 0 Å². The summed E-state index contributed by atoms with van der Waals surface area (Å²) in [5.74, 6) is 1.01. The average molecular weight is 359 g/mol. The van der Waals surface area contributed by atoms with Crippen LogP contribution in [0.2, 0.25) is 0 Å². The van der Waals surface area contributed by atoms with Crippen molar-refractivity contribution in [3.05, 3.63) is 83.7 Å². The molecule has 134 valence electrons. The van der Waals surface area contributed by atoms with Crippen LogP contribution < -0.4 is 4.74 Å². The van der Waals surface area contributed by atoms with Crippen molar-refractivity contribution >= 4 is 5.71 Å². The highest BCUT2D eigenvalue weighted by atomic mass is 16.5. The molecule has 2 aliphatic rings. The van der Waals surface area contributed by atoms with Crippen LogP contribution in [0, 0.1) is 0 Å². The molecule has 0 saturated carbocycles. The third-order valence-electron chi connectivity index (χ3n) is 4.96. The fourth-order valence-corrected chi connectivity index (χ4v) is 3.69. The highest BCUT2D eigenvalue weighted by Crippen LogP contribution is 2.47. The first-order chi connectivity index (χ1) is 13.2. The third kappa shape index (κ3) is 2.57. The van der Waals surface area contributed by atoms with Gasteiger partial charge in [0.2, 0.25) is 6.23 Å². The van der Waals surface area contributed by atoms with E-state index in [2.05, 4.69) is 4.98 Å². The Balaban J connectivity index is 1.62. The zero-order valence-corrected chi connectivity index (χ0v) is 14.4. The van der Waals surface area contributed by atoms with Crippen LogP contribution in [0.3, 0.4) is 0 Å². The minimum atomic E-state index is -0.407. The quantitative estimate of drug-likeness (QED) is 0.682. The molecule has 6 heteroatoms. The fraction of sp³-hybridized carbons (Fsp3) is 0.143. The summed E-state index contributed by atoms with van der Waals surface area (Å²) in [6, 6.07) is 16.2. The van der Waals surface area contributed by atoms with Gasteiger partial charge in [-0.05, 0) is 30.3 Å². The van der Waals surface area contributed by atoms with Gasteiger partial charge in [-0.15, -0.1) is 0 Å². The largest absolute Gasteiger partial charge is 0.508 e. The smallest absolute Gasteiger partial charge is 0.215 e. The standard InChI is InChI=1S/C21H17N3O3/c25-14-7-8-19(26)16(10-14)17-11-18-15-5-1-2-6-20(15)27-21(24(18)23-17)13-4-3-9-22-12-13/h1-10,12,18,21,25-26H,11H2/t18-,21+/m1/s1. The van der Waals surface area contributed by atoms with E-state index in [1.54, 1.807) is 18.5 Å². The molecule has 2 N–H and O–H groups in total. The summed E-state index contributed by atoms with van der Waals surface area (Å²) in [4.78, 5) is 4.20. The van der Waals surface area contributed by atoms with E-state index in [9.17, 15) is 10.2 Å². The number of benzene rings is 2. The summed E-state index contributed by atoms with van der Waals surface area (Å²) < 4.78 is 6.24. The predicted molar refractivity (Wildman–Crippen MR) is 99.6 cm³/mol. The lowest BCUT2D eigenvalue weighted by molar-refractivity contribution is -0.0192. The Morgan fingerprint density at radius 1 is 1.04 bits per heavy atom. The highest BCUT2D eigenvalue weighted by molar-refractivity contribution is 6.04. The monoisotopic (exact) mass is 359 g/mol. The van der Waals surface area contributed by atoms with Gasteiger partial charge < -0.3 is 14.9 Å². The predicted octanol–water partition coefficient (Wildman–Crippen LogP) is 3.74. The number of hydrazone groups is 1. The molecule has 0 aliphatic carbocycles. The number of ether oxygens (including phenoxy) is 1. The Kier molecular flexibility index (Phi) is 3.50. The van der Waals surface area contributed by atoms with E-state index < -0.39 is 6.23 Å². The molecule has 0 bridgehead atoms. The zero-order chi connectivity index (χ0) is 18.4. The normalized spacial score (nSPS) is 20.4. The number of pyridine rings is 1. The van der Waals surface area contributed by atoms with Crippen molar-refractivity contribution in [3.63, 3.8) is 0 Å². The van der Waals surface area contributed by atoms with Gasteiger partial charge in [-0.3, -0.25) is 4.98 Å². The third-order valence-corrected chi connectivity index (χ3v) is 4.96. The van der Waals surface area contributed by atoms with Crippen LogP contribution >= 0.6 is 0 Å². The number of aromatic hydroxyl groups is 2. The lowest BCUT2D eigenvalue weighted by atomic mass is 9.95. The molecular formula is C21H17N3O3. The van der Waals surface area contributed by atoms with Gasteiger partial charge in [-0.25, -0.2) is 5.01 Å². The summed E-state index contributed by atoms with van der Waals surface area (Å²) >= 11 is 0. The molecule has 0 saturated heterocycles. The van der Waals surface area contributed by atoms with E-state index in [1.807, 2.05) is 41.4 Å². The van der Waals surface area contributed by atoms with Crippen molar-refractivity contribution in [2.45, 2.75) is 18.7 Å². The lowest BCUT2D eigenvalue weighted by Crippen LogP contribution is -2.33. The second kappa shape index (κ2) is 6.02. The summed E-state index contributed by atoms with van der Waals surface area (Å²) in [6.07, 6.45) is 3.69. The Morgan fingerprint density at radius 2 is 1.93 bits per heavy atom. The molecule has 0 spiro atoms.